The number of benzene rings is 2. The van der Waals surface area contributed by atoms with E-state index >= 15 is 0 Å². The molecule has 29 heavy (non-hydrogen) atoms. The molecule has 4 rings (SSSR count). The Labute approximate surface area is 170 Å². The van der Waals surface area contributed by atoms with Gasteiger partial charge in [-0.05, 0) is 66.5 Å². The lowest BCUT2D eigenvalue weighted by molar-refractivity contribution is 0.0697. The summed E-state index contributed by atoms with van der Waals surface area (Å²) in [5.74, 6) is 0.312. The number of imidazole rings is 1. The number of carboxylic acids is 1. The second kappa shape index (κ2) is 7.29. The molecule has 5 heteroatoms. The van der Waals surface area contributed by atoms with Crippen LogP contribution in [0.2, 0.25) is 0 Å². The van der Waals surface area contributed by atoms with Crippen LogP contribution in [0.4, 0.5) is 4.39 Å². The molecule has 1 fully saturated rings. The van der Waals surface area contributed by atoms with Crippen LogP contribution in [0.1, 0.15) is 67.8 Å². The third kappa shape index (κ3) is 4.04. The Bertz CT molecular complexity index is 1050. The van der Waals surface area contributed by atoms with Crippen LogP contribution in [0.3, 0.4) is 0 Å². The van der Waals surface area contributed by atoms with E-state index in [2.05, 4.69) is 25.3 Å². The van der Waals surface area contributed by atoms with E-state index in [1.54, 1.807) is 24.3 Å². The van der Waals surface area contributed by atoms with Gasteiger partial charge in [0.15, 0.2) is 0 Å². The molecule has 1 aliphatic rings. The third-order valence-corrected chi connectivity index (χ3v) is 6.01. The van der Waals surface area contributed by atoms with Gasteiger partial charge < -0.3 is 9.67 Å². The molecule has 1 N–H and O–H groups in total. The molecule has 2 aromatic carbocycles. The van der Waals surface area contributed by atoms with Crippen molar-refractivity contribution in [2.45, 2.75) is 52.5 Å². The molecule has 0 radical (unpaired) electrons. The molecule has 0 amide bonds. The number of fused-ring (bicyclic) bond motifs is 1. The third-order valence-electron chi connectivity index (χ3n) is 6.01. The molecular formula is C24H27FN2O2. The van der Waals surface area contributed by atoms with Gasteiger partial charge in [-0.2, -0.15) is 0 Å². The van der Waals surface area contributed by atoms with Crippen LogP contribution in [0, 0.1) is 17.2 Å². The maximum atomic E-state index is 13.3. The van der Waals surface area contributed by atoms with E-state index < -0.39 is 5.97 Å². The van der Waals surface area contributed by atoms with Crippen molar-refractivity contribution in [2.75, 3.05) is 0 Å². The summed E-state index contributed by atoms with van der Waals surface area (Å²) < 4.78 is 15.6. The van der Waals surface area contributed by atoms with Crippen LogP contribution < -0.4 is 0 Å². The fourth-order valence-electron chi connectivity index (χ4n) is 5.09. The molecule has 0 unspecified atom stereocenters. The highest BCUT2D eigenvalue weighted by Gasteiger charge is 2.34. The minimum atomic E-state index is -0.950. The van der Waals surface area contributed by atoms with Crippen LogP contribution in [-0.4, -0.2) is 20.6 Å². The summed E-state index contributed by atoms with van der Waals surface area (Å²) in [5.41, 5.74) is 3.16. The SMILES string of the molecule is C[C@@H]1C[C@H](n2c(Cc3ccc(F)cc3)nc3cc(C(=O)O)ccc32)CC(C)(C)C1. The van der Waals surface area contributed by atoms with Crippen LogP contribution in [0.25, 0.3) is 11.0 Å². The number of carbonyl (C=O) groups is 1. The van der Waals surface area contributed by atoms with Crippen LogP contribution in [-0.2, 0) is 6.42 Å². The lowest BCUT2D eigenvalue weighted by Crippen LogP contribution is -2.30. The summed E-state index contributed by atoms with van der Waals surface area (Å²) >= 11 is 0. The molecule has 3 aromatic rings. The highest BCUT2D eigenvalue weighted by molar-refractivity contribution is 5.92. The molecule has 1 saturated carbocycles. The Morgan fingerprint density at radius 3 is 2.59 bits per heavy atom. The smallest absolute Gasteiger partial charge is 0.335 e. The van der Waals surface area contributed by atoms with Gasteiger partial charge in [-0.25, -0.2) is 14.2 Å². The van der Waals surface area contributed by atoms with E-state index in [-0.39, 0.29) is 16.8 Å². The summed E-state index contributed by atoms with van der Waals surface area (Å²) in [7, 11) is 0. The largest absolute Gasteiger partial charge is 0.478 e. The van der Waals surface area contributed by atoms with Crippen LogP contribution in [0.15, 0.2) is 42.5 Å². The molecule has 4 nitrogen and oxygen atoms in total. The zero-order valence-electron chi connectivity index (χ0n) is 17.2. The van der Waals surface area contributed by atoms with Gasteiger partial charge >= 0.3 is 5.97 Å². The number of rotatable bonds is 4. The second-order valence-electron chi connectivity index (χ2n) is 9.28. The van der Waals surface area contributed by atoms with Gasteiger partial charge in [0.1, 0.15) is 11.6 Å². The van der Waals surface area contributed by atoms with Gasteiger partial charge in [0, 0.05) is 12.5 Å². The Morgan fingerprint density at radius 2 is 1.93 bits per heavy atom. The lowest BCUT2D eigenvalue weighted by Gasteiger charge is -2.40. The summed E-state index contributed by atoms with van der Waals surface area (Å²) in [6.45, 7) is 6.93. The van der Waals surface area contributed by atoms with Gasteiger partial charge in [-0.15, -0.1) is 0 Å². The first-order valence-electron chi connectivity index (χ1n) is 10.2. The van der Waals surface area contributed by atoms with Gasteiger partial charge in [0.05, 0.1) is 16.6 Å². The number of hydrogen-bond donors (Lipinski definition) is 1. The summed E-state index contributed by atoms with van der Waals surface area (Å²) in [6.07, 6.45) is 3.92. The van der Waals surface area contributed by atoms with Gasteiger partial charge in [0.25, 0.3) is 0 Å². The quantitative estimate of drug-likeness (QED) is 0.604. The zero-order chi connectivity index (χ0) is 20.8. The fourth-order valence-corrected chi connectivity index (χ4v) is 5.09. The molecule has 0 saturated heterocycles. The molecule has 2 atom stereocenters. The summed E-state index contributed by atoms with van der Waals surface area (Å²) in [5, 5.41) is 9.36. The molecule has 0 bridgehead atoms. The van der Waals surface area contributed by atoms with E-state index in [9.17, 15) is 14.3 Å². The first kappa shape index (κ1) is 19.6. The number of carboxylic acid groups (broad SMARTS) is 1. The second-order valence-corrected chi connectivity index (χ2v) is 9.28. The monoisotopic (exact) mass is 394 g/mol. The van der Waals surface area contributed by atoms with Crippen molar-refractivity contribution in [3.8, 4) is 0 Å². The highest BCUT2D eigenvalue weighted by atomic mass is 19.1. The van der Waals surface area contributed by atoms with Crippen LogP contribution >= 0.6 is 0 Å². The fraction of sp³-hybridized carbons (Fsp3) is 0.417. The van der Waals surface area contributed by atoms with E-state index in [1.165, 1.54) is 18.6 Å². The van der Waals surface area contributed by atoms with Gasteiger partial charge in [-0.1, -0.05) is 32.9 Å². The predicted molar refractivity (Wildman–Crippen MR) is 112 cm³/mol. The van der Waals surface area contributed by atoms with E-state index in [4.69, 9.17) is 4.98 Å². The number of aromatic nitrogens is 2. The van der Waals surface area contributed by atoms with Crippen LogP contribution in [0.5, 0.6) is 0 Å². The standard InChI is InChI=1S/C24H27FN2O2/c1-15-10-19(14-24(2,3)13-15)27-21-9-6-17(23(28)29)12-20(21)26-22(27)11-16-4-7-18(25)8-5-16/h4-9,12,15,19H,10-11,13-14H2,1-3H3,(H,28,29)/t15-,19+/m1/s1. The maximum Gasteiger partial charge on any atom is 0.335 e. The van der Waals surface area contributed by atoms with Crippen molar-refractivity contribution in [1.29, 1.82) is 0 Å². The van der Waals surface area contributed by atoms with Crippen molar-refractivity contribution in [2.24, 2.45) is 11.3 Å². The molecule has 152 valence electrons. The summed E-state index contributed by atoms with van der Waals surface area (Å²) in [6, 6.07) is 12.0. The van der Waals surface area contributed by atoms with Crippen molar-refractivity contribution in [3.05, 3.63) is 65.2 Å². The Balaban J connectivity index is 1.82. The number of halogens is 1. The topological polar surface area (TPSA) is 55.1 Å². The zero-order valence-corrected chi connectivity index (χ0v) is 17.2. The molecule has 1 aromatic heterocycles. The van der Waals surface area contributed by atoms with Crippen molar-refractivity contribution >= 4 is 17.0 Å². The number of hydrogen-bond acceptors (Lipinski definition) is 2. The number of nitrogens with zero attached hydrogens (tertiary/aromatic N) is 2. The Kier molecular flexibility index (Phi) is 4.93. The minimum Gasteiger partial charge on any atom is -0.478 e. The van der Waals surface area contributed by atoms with Crippen molar-refractivity contribution < 1.29 is 14.3 Å². The Morgan fingerprint density at radius 1 is 1.21 bits per heavy atom. The first-order chi connectivity index (χ1) is 13.7. The first-order valence-corrected chi connectivity index (χ1v) is 10.2. The highest BCUT2D eigenvalue weighted by Crippen LogP contribution is 2.45. The average Bonchev–Trinajstić information content (AvgIpc) is 2.98. The molecule has 1 aliphatic carbocycles. The van der Waals surface area contributed by atoms with Crippen molar-refractivity contribution in [3.63, 3.8) is 0 Å². The average molecular weight is 394 g/mol. The lowest BCUT2D eigenvalue weighted by atomic mass is 9.70. The number of aromatic carboxylic acids is 1. The van der Waals surface area contributed by atoms with E-state index in [1.807, 2.05) is 6.07 Å². The van der Waals surface area contributed by atoms with Gasteiger partial charge in [0.2, 0.25) is 0 Å². The molecule has 0 spiro atoms. The van der Waals surface area contributed by atoms with Gasteiger partial charge in [-0.3, -0.25) is 0 Å². The maximum absolute atomic E-state index is 13.3. The van der Waals surface area contributed by atoms with E-state index in [0.717, 1.165) is 29.7 Å². The van der Waals surface area contributed by atoms with E-state index in [0.29, 0.717) is 23.9 Å². The normalized spacial score (nSPS) is 21.4. The molecule has 1 heterocycles. The predicted octanol–water partition coefficient (Wildman–Crippen LogP) is 5.85. The summed E-state index contributed by atoms with van der Waals surface area (Å²) in [4.78, 5) is 16.2. The van der Waals surface area contributed by atoms with Crippen molar-refractivity contribution in [1.82, 2.24) is 9.55 Å². The molecule has 0 aliphatic heterocycles. The Hall–Kier alpha value is -2.69. The molecular weight excluding hydrogens is 367 g/mol. The minimum absolute atomic E-state index is 0.243.